The van der Waals surface area contributed by atoms with Crippen LogP contribution in [0.2, 0.25) is 0 Å². The summed E-state index contributed by atoms with van der Waals surface area (Å²) in [6, 6.07) is 19.8. The molecule has 0 fully saturated rings. The second kappa shape index (κ2) is 11.8. The van der Waals surface area contributed by atoms with Gasteiger partial charge in [0, 0.05) is 30.0 Å². The zero-order chi connectivity index (χ0) is 26.5. The van der Waals surface area contributed by atoms with Crippen molar-refractivity contribution in [1.82, 2.24) is 0 Å². The Hall–Kier alpha value is -2.60. The number of hydrogen-bond donors (Lipinski definition) is 0. The van der Waals surface area contributed by atoms with Gasteiger partial charge in [-0.3, -0.25) is 0 Å². The quantitative estimate of drug-likeness (QED) is 0.222. The van der Waals surface area contributed by atoms with E-state index in [1.54, 1.807) is 0 Å². The van der Waals surface area contributed by atoms with Crippen molar-refractivity contribution in [3.8, 4) is 0 Å². The van der Waals surface area contributed by atoms with Gasteiger partial charge in [0.2, 0.25) is 5.52 Å². The Balaban J connectivity index is 1.43. The number of pyridine rings is 1. The van der Waals surface area contributed by atoms with Gasteiger partial charge in [-0.25, -0.2) is 0 Å². The molecular weight excluding hydrogens is 472 g/mol. The fraction of sp³-hybridized carbons (Fsp3) is 0.406. The van der Waals surface area contributed by atoms with E-state index >= 15 is 0 Å². The summed E-state index contributed by atoms with van der Waals surface area (Å²) in [5.41, 5.74) is 3.89. The molecule has 5 heteroatoms. The summed E-state index contributed by atoms with van der Waals surface area (Å²) in [6.45, 7) is 7.90. The molecule has 0 aliphatic carbocycles. The first kappa shape index (κ1) is 27.4. The number of para-hydroxylation sites is 2. The van der Waals surface area contributed by atoms with Crippen molar-refractivity contribution in [2.75, 3.05) is 66.3 Å². The molecule has 2 heterocycles. The van der Waals surface area contributed by atoms with Crippen molar-refractivity contribution in [3.63, 3.8) is 0 Å². The van der Waals surface area contributed by atoms with Gasteiger partial charge in [-0.05, 0) is 36.8 Å². The predicted octanol–water partition coefficient (Wildman–Crippen LogP) is 6.18. The van der Waals surface area contributed by atoms with Crippen molar-refractivity contribution in [2.45, 2.75) is 31.2 Å². The van der Waals surface area contributed by atoms with Crippen LogP contribution >= 0.6 is 11.8 Å². The minimum atomic E-state index is 0.975. The normalized spacial score (nSPS) is 15.3. The van der Waals surface area contributed by atoms with E-state index in [0.29, 0.717) is 0 Å². The number of benzene rings is 2. The molecule has 4 nitrogen and oxygen atoms in total. The SMILES string of the molecule is CCN1/C(=C\C=C\c2cc[n+](CCC[N+](C)(C)CCC[N+](C)(C)C)c3ccccc23)Sc2ccccc21. The van der Waals surface area contributed by atoms with E-state index in [4.69, 9.17) is 0 Å². The number of quaternary nitrogens is 2. The molecule has 1 aliphatic heterocycles. The summed E-state index contributed by atoms with van der Waals surface area (Å²) in [5, 5.41) is 2.60. The molecule has 0 amide bonds. The third-order valence-electron chi connectivity index (χ3n) is 7.18. The predicted molar refractivity (Wildman–Crippen MR) is 161 cm³/mol. The Morgan fingerprint density at radius 2 is 1.59 bits per heavy atom. The zero-order valence-corrected chi connectivity index (χ0v) is 24.5. The molecule has 0 unspecified atom stereocenters. The van der Waals surface area contributed by atoms with Crippen LogP contribution in [-0.2, 0) is 6.54 Å². The Bertz CT molecular complexity index is 1270. The smallest absolute Gasteiger partial charge is 0.213 e. The number of thioether (sulfide) groups is 1. The fourth-order valence-electron chi connectivity index (χ4n) is 5.14. The lowest BCUT2D eigenvalue weighted by Crippen LogP contribution is -2.45. The first-order chi connectivity index (χ1) is 17.7. The van der Waals surface area contributed by atoms with Crippen molar-refractivity contribution in [2.24, 2.45) is 0 Å². The summed E-state index contributed by atoms with van der Waals surface area (Å²) in [7, 11) is 11.6. The number of fused-ring (bicyclic) bond motifs is 2. The molecule has 0 saturated carbocycles. The summed E-state index contributed by atoms with van der Waals surface area (Å²) in [6.07, 6.45) is 11.4. The number of hydrogen-bond acceptors (Lipinski definition) is 2. The minimum Gasteiger partial charge on any atom is -0.335 e. The van der Waals surface area contributed by atoms with Gasteiger partial charge in [-0.1, -0.05) is 48.2 Å². The molecule has 4 rings (SSSR count). The number of rotatable bonds is 11. The van der Waals surface area contributed by atoms with Crippen LogP contribution in [0.15, 0.2) is 82.9 Å². The second-order valence-corrected chi connectivity index (χ2v) is 12.8. The first-order valence-electron chi connectivity index (χ1n) is 13.6. The van der Waals surface area contributed by atoms with Crippen molar-refractivity contribution < 1.29 is 13.5 Å². The number of aromatic nitrogens is 1. The summed E-state index contributed by atoms with van der Waals surface area (Å²) in [4.78, 5) is 3.73. The van der Waals surface area contributed by atoms with E-state index in [9.17, 15) is 0 Å². The maximum atomic E-state index is 2.43. The Morgan fingerprint density at radius 1 is 0.865 bits per heavy atom. The van der Waals surface area contributed by atoms with Gasteiger partial charge in [0.1, 0.15) is 0 Å². The lowest BCUT2D eigenvalue weighted by molar-refractivity contribution is -0.903. The van der Waals surface area contributed by atoms with Crippen LogP contribution in [0.3, 0.4) is 0 Å². The maximum Gasteiger partial charge on any atom is 0.213 e. The van der Waals surface area contributed by atoms with Gasteiger partial charge in [0.25, 0.3) is 0 Å². The van der Waals surface area contributed by atoms with Crippen molar-refractivity contribution in [3.05, 3.63) is 83.5 Å². The van der Waals surface area contributed by atoms with Crippen LogP contribution in [-0.4, -0.2) is 70.4 Å². The first-order valence-corrected chi connectivity index (χ1v) is 14.4. The number of anilines is 1. The van der Waals surface area contributed by atoms with E-state index in [2.05, 4.69) is 131 Å². The minimum absolute atomic E-state index is 0.975. The van der Waals surface area contributed by atoms with Crippen LogP contribution in [0, 0.1) is 0 Å². The summed E-state index contributed by atoms with van der Waals surface area (Å²) >= 11 is 1.86. The van der Waals surface area contributed by atoms with Gasteiger partial charge in [0.05, 0.1) is 77.4 Å². The number of aryl methyl sites for hydroxylation is 1. The lowest BCUT2D eigenvalue weighted by atomic mass is 10.1. The largest absolute Gasteiger partial charge is 0.335 e. The highest BCUT2D eigenvalue weighted by atomic mass is 32.2. The highest BCUT2D eigenvalue weighted by Gasteiger charge is 2.22. The van der Waals surface area contributed by atoms with Gasteiger partial charge in [-0.15, -0.1) is 0 Å². The van der Waals surface area contributed by atoms with Gasteiger partial charge < -0.3 is 13.9 Å². The lowest BCUT2D eigenvalue weighted by Gasteiger charge is -2.31. The fourth-order valence-corrected chi connectivity index (χ4v) is 6.28. The monoisotopic (exact) mass is 517 g/mol. The van der Waals surface area contributed by atoms with Crippen LogP contribution < -0.4 is 9.47 Å². The molecule has 3 aromatic rings. The highest BCUT2D eigenvalue weighted by Crippen LogP contribution is 2.45. The van der Waals surface area contributed by atoms with Crippen LogP contribution in [0.4, 0.5) is 5.69 Å². The topological polar surface area (TPSA) is 7.12 Å². The second-order valence-electron chi connectivity index (χ2n) is 11.8. The van der Waals surface area contributed by atoms with E-state index in [1.165, 1.54) is 64.6 Å². The van der Waals surface area contributed by atoms with E-state index in [-0.39, 0.29) is 0 Å². The average molecular weight is 518 g/mol. The van der Waals surface area contributed by atoms with Gasteiger partial charge >= 0.3 is 0 Å². The number of allylic oxidation sites excluding steroid dienone is 2. The van der Waals surface area contributed by atoms with E-state index in [0.717, 1.165) is 22.1 Å². The molecule has 2 aromatic carbocycles. The molecule has 0 N–H and O–H groups in total. The Morgan fingerprint density at radius 3 is 2.38 bits per heavy atom. The molecular formula is C32H45N4S+3. The molecule has 1 aromatic heterocycles. The summed E-state index contributed by atoms with van der Waals surface area (Å²) < 4.78 is 4.56. The van der Waals surface area contributed by atoms with Crippen molar-refractivity contribution in [1.29, 1.82) is 0 Å². The maximum absolute atomic E-state index is 2.43. The van der Waals surface area contributed by atoms with Crippen LogP contribution in [0.5, 0.6) is 0 Å². The molecule has 37 heavy (non-hydrogen) atoms. The molecule has 0 atom stereocenters. The zero-order valence-electron chi connectivity index (χ0n) is 23.7. The van der Waals surface area contributed by atoms with Crippen LogP contribution in [0.25, 0.3) is 17.0 Å². The standard InChI is InChI=1S/C32H45N4S/c1-7-34-30-18-10-11-19-31(30)37-32(34)20-12-15-27-21-23-33(29-17-9-8-16-28(27)29)22-13-25-36(5,6)26-14-24-35(2,3)4/h8-12,15-21,23H,7,13-14,22,24-26H2,1-6H3/q+3. The number of nitrogens with zero attached hydrogens (tertiary/aromatic N) is 4. The highest BCUT2D eigenvalue weighted by molar-refractivity contribution is 8.03. The van der Waals surface area contributed by atoms with Gasteiger partial charge in [-0.2, -0.15) is 4.57 Å². The van der Waals surface area contributed by atoms with Crippen LogP contribution in [0.1, 0.15) is 25.3 Å². The molecule has 0 radical (unpaired) electrons. The van der Waals surface area contributed by atoms with E-state index in [1.807, 2.05) is 11.8 Å². The van der Waals surface area contributed by atoms with E-state index < -0.39 is 0 Å². The molecule has 0 spiro atoms. The molecule has 0 saturated heterocycles. The molecule has 196 valence electrons. The third kappa shape index (κ3) is 7.25. The Labute approximate surface area is 228 Å². The van der Waals surface area contributed by atoms with Crippen molar-refractivity contribution >= 4 is 34.4 Å². The molecule has 1 aliphatic rings. The average Bonchev–Trinajstić information content (AvgIpc) is 3.21. The molecule has 0 bridgehead atoms. The Kier molecular flexibility index (Phi) is 8.79. The van der Waals surface area contributed by atoms with Gasteiger partial charge in [0.15, 0.2) is 12.7 Å². The third-order valence-corrected chi connectivity index (χ3v) is 8.31. The summed E-state index contributed by atoms with van der Waals surface area (Å²) in [5.74, 6) is 0.